The maximum Gasteiger partial charge on any atom is 0.232 e. The van der Waals surface area contributed by atoms with Gasteiger partial charge in [0, 0.05) is 30.2 Å². The molecule has 1 aromatic heterocycles. The molecule has 1 unspecified atom stereocenters. The summed E-state index contributed by atoms with van der Waals surface area (Å²) in [5.41, 5.74) is 7.19. The Balaban J connectivity index is 1.63. The molecule has 0 saturated carbocycles. The van der Waals surface area contributed by atoms with Crippen LogP contribution in [0.25, 0.3) is 0 Å². The lowest BCUT2D eigenvalue weighted by atomic mass is 9.92. The number of halogens is 1. The van der Waals surface area contributed by atoms with E-state index in [1.54, 1.807) is 24.3 Å². The summed E-state index contributed by atoms with van der Waals surface area (Å²) in [5.74, 6) is -0.552. The number of nitrogens with two attached hydrogens (primary N) is 1. The number of morpholine rings is 1. The van der Waals surface area contributed by atoms with E-state index in [0.29, 0.717) is 48.5 Å². The highest BCUT2D eigenvalue weighted by Crippen LogP contribution is 2.36. The van der Waals surface area contributed by atoms with Crippen molar-refractivity contribution in [3.8, 4) is 0 Å². The third-order valence-electron chi connectivity index (χ3n) is 4.68. The molecule has 10 heteroatoms. The zero-order valence-corrected chi connectivity index (χ0v) is 15.7. The highest BCUT2D eigenvalue weighted by Gasteiger charge is 2.35. The maximum atomic E-state index is 12.8. The minimum absolute atomic E-state index is 0.0309. The van der Waals surface area contributed by atoms with E-state index in [1.807, 2.05) is 4.90 Å². The zero-order chi connectivity index (χ0) is 19.7. The van der Waals surface area contributed by atoms with Crippen molar-refractivity contribution < 1.29 is 14.3 Å². The van der Waals surface area contributed by atoms with Crippen LogP contribution < -0.4 is 21.3 Å². The lowest BCUT2D eigenvalue weighted by Crippen LogP contribution is -2.38. The van der Waals surface area contributed by atoms with Gasteiger partial charge >= 0.3 is 0 Å². The summed E-state index contributed by atoms with van der Waals surface area (Å²) >= 11 is 5.87. The van der Waals surface area contributed by atoms with Gasteiger partial charge in [0.05, 0.1) is 24.7 Å². The SMILES string of the molecule is Nc1nc(N2CCOCC2)nc2c1C(C(=O)Nc1ccc(Cl)cc1)CC(=O)N2. The molecular formula is C18H19ClN6O3. The topological polar surface area (TPSA) is 122 Å². The molecule has 28 heavy (non-hydrogen) atoms. The highest BCUT2D eigenvalue weighted by molar-refractivity contribution is 6.30. The fourth-order valence-electron chi connectivity index (χ4n) is 3.28. The molecule has 0 bridgehead atoms. The van der Waals surface area contributed by atoms with E-state index in [-0.39, 0.29) is 29.9 Å². The van der Waals surface area contributed by atoms with Gasteiger partial charge in [0.25, 0.3) is 0 Å². The molecule has 0 radical (unpaired) electrons. The number of amides is 2. The molecule has 0 spiro atoms. The molecule has 2 amide bonds. The van der Waals surface area contributed by atoms with Crippen molar-refractivity contribution in [3.05, 3.63) is 34.9 Å². The van der Waals surface area contributed by atoms with Crippen molar-refractivity contribution in [1.82, 2.24) is 9.97 Å². The normalized spacial score (nSPS) is 19.0. The molecule has 9 nitrogen and oxygen atoms in total. The van der Waals surface area contributed by atoms with E-state index in [2.05, 4.69) is 20.6 Å². The van der Waals surface area contributed by atoms with E-state index in [0.717, 1.165) is 0 Å². The van der Waals surface area contributed by atoms with E-state index in [4.69, 9.17) is 22.1 Å². The van der Waals surface area contributed by atoms with Crippen LogP contribution in [0.2, 0.25) is 5.02 Å². The van der Waals surface area contributed by atoms with E-state index >= 15 is 0 Å². The predicted molar refractivity (Wildman–Crippen MR) is 106 cm³/mol. The highest BCUT2D eigenvalue weighted by atomic mass is 35.5. The predicted octanol–water partition coefficient (Wildman–Crippen LogP) is 1.61. The summed E-state index contributed by atoms with van der Waals surface area (Å²) in [6.07, 6.45) is -0.0309. The van der Waals surface area contributed by atoms with Gasteiger partial charge < -0.3 is 26.0 Å². The second-order valence-corrected chi connectivity index (χ2v) is 7.01. The van der Waals surface area contributed by atoms with Crippen molar-refractivity contribution in [2.45, 2.75) is 12.3 Å². The number of rotatable bonds is 3. The Bertz CT molecular complexity index is 914. The number of benzene rings is 1. The molecular weight excluding hydrogens is 384 g/mol. The van der Waals surface area contributed by atoms with Gasteiger partial charge in [0.1, 0.15) is 11.6 Å². The van der Waals surface area contributed by atoms with Crippen molar-refractivity contribution in [2.75, 3.05) is 47.6 Å². The molecule has 1 atom stereocenters. The molecule has 3 heterocycles. The fraction of sp³-hybridized carbons (Fsp3) is 0.333. The van der Waals surface area contributed by atoms with Gasteiger partial charge in [-0.2, -0.15) is 9.97 Å². The number of fused-ring (bicyclic) bond motifs is 1. The maximum absolute atomic E-state index is 12.8. The van der Waals surface area contributed by atoms with Gasteiger partial charge in [0.2, 0.25) is 17.8 Å². The second-order valence-electron chi connectivity index (χ2n) is 6.57. The largest absolute Gasteiger partial charge is 0.383 e. The Hall–Kier alpha value is -2.91. The summed E-state index contributed by atoms with van der Waals surface area (Å²) in [7, 11) is 0. The Morgan fingerprint density at radius 3 is 2.68 bits per heavy atom. The van der Waals surface area contributed by atoms with Gasteiger partial charge in [-0.15, -0.1) is 0 Å². The molecule has 1 aromatic carbocycles. The van der Waals surface area contributed by atoms with E-state index < -0.39 is 5.92 Å². The van der Waals surface area contributed by atoms with Gasteiger partial charge in [-0.3, -0.25) is 9.59 Å². The summed E-state index contributed by atoms with van der Waals surface area (Å²) in [6, 6.07) is 6.71. The minimum Gasteiger partial charge on any atom is -0.383 e. The lowest BCUT2D eigenvalue weighted by molar-refractivity contribution is -0.123. The number of carbonyl (C=O) groups is 2. The quantitative estimate of drug-likeness (QED) is 0.712. The molecule has 0 aliphatic carbocycles. The van der Waals surface area contributed by atoms with Crippen molar-refractivity contribution >= 4 is 46.7 Å². The van der Waals surface area contributed by atoms with Gasteiger partial charge in [-0.05, 0) is 24.3 Å². The van der Waals surface area contributed by atoms with Gasteiger partial charge in [0.15, 0.2) is 0 Å². The first-order valence-corrected chi connectivity index (χ1v) is 9.25. The number of carbonyl (C=O) groups excluding carboxylic acids is 2. The third-order valence-corrected chi connectivity index (χ3v) is 4.93. The van der Waals surface area contributed by atoms with E-state index in [1.165, 1.54) is 0 Å². The Kier molecular flexibility index (Phi) is 5.01. The molecule has 1 saturated heterocycles. The number of aromatic nitrogens is 2. The molecule has 2 aromatic rings. The summed E-state index contributed by atoms with van der Waals surface area (Å²) < 4.78 is 5.33. The number of hydrogen-bond acceptors (Lipinski definition) is 7. The standard InChI is InChI=1S/C18H19ClN6O3/c19-10-1-3-11(4-2-10)21-17(27)12-9-13(26)22-16-14(12)15(20)23-18(24-16)25-5-7-28-8-6-25/h1-4,12H,5-9H2,(H,21,27)(H3,20,22,23,24,26). The Morgan fingerprint density at radius 2 is 1.96 bits per heavy atom. The number of anilines is 4. The second kappa shape index (κ2) is 7.61. The Morgan fingerprint density at radius 1 is 1.25 bits per heavy atom. The Labute approximate surface area is 166 Å². The van der Waals surface area contributed by atoms with Crippen LogP contribution >= 0.6 is 11.6 Å². The van der Waals surface area contributed by atoms with Crippen LogP contribution in [0.1, 0.15) is 17.9 Å². The van der Waals surface area contributed by atoms with Crippen LogP contribution in [0.3, 0.4) is 0 Å². The fourth-order valence-corrected chi connectivity index (χ4v) is 3.40. The van der Waals surface area contributed by atoms with Crippen molar-refractivity contribution in [1.29, 1.82) is 0 Å². The number of nitrogens with zero attached hydrogens (tertiary/aromatic N) is 3. The van der Waals surface area contributed by atoms with Crippen LogP contribution in [0.5, 0.6) is 0 Å². The number of hydrogen-bond donors (Lipinski definition) is 3. The summed E-state index contributed by atoms with van der Waals surface area (Å²) in [5, 5.41) is 6.06. The van der Waals surface area contributed by atoms with Gasteiger partial charge in [-0.1, -0.05) is 11.6 Å². The average Bonchev–Trinajstić information content (AvgIpc) is 2.69. The minimum atomic E-state index is -0.779. The van der Waals surface area contributed by atoms with Crippen LogP contribution in [-0.2, 0) is 14.3 Å². The molecule has 4 rings (SSSR count). The van der Waals surface area contributed by atoms with Crippen LogP contribution in [-0.4, -0.2) is 48.1 Å². The molecule has 2 aliphatic rings. The van der Waals surface area contributed by atoms with Crippen molar-refractivity contribution in [2.24, 2.45) is 0 Å². The number of nitrogens with one attached hydrogen (secondary N) is 2. The third kappa shape index (κ3) is 3.71. The van der Waals surface area contributed by atoms with Crippen LogP contribution in [0.4, 0.5) is 23.3 Å². The number of ether oxygens (including phenoxy) is 1. The van der Waals surface area contributed by atoms with E-state index in [9.17, 15) is 9.59 Å². The molecule has 1 fully saturated rings. The van der Waals surface area contributed by atoms with Crippen molar-refractivity contribution in [3.63, 3.8) is 0 Å². The van der Waals surface area contributed by atoms with Crippen LogP contribution in [0.15, 0.2) is 24.3 Å². The summed E-state index contributed by atoms with van der Waals surface area (Å²) in [4.78, 5) is 35.8. The number of nitrogen functional groups attached to an aromatic ring is 1. The summed E-state index contributed by atoms with van der Waals surface area (Å²) in [6.45, 7) is 2.40. The molecule has 4 N–H and O–H groups in total. The van der Waals surface area contributed by atoms with Crippen LogP contribution in [0, 0.1) is 0 Å². The first kappa shape index (κ1) is 18.5. The monoisotopic (exact) mass is 402 g/mol. The first-order valence-electron chi connectivity index (χ1n) is 8.87. The molecule has 146 valence electrons. The lowest BCUT2D eigenvalue weighted by Gasteiger charge is -2.30. The first-order chi connectivity index (χ1) is 13.5. The average molecular weight is 403 g/mol. The zero-order valence-electron chi connectivity index (χ0n) is 14.9. The van der Waals surface area contributed by atoms with Gasteiger partial charge in [-0.25, -0.2) is 0 Å². The molecule has 2 aliphatic heterocycles. The smallest absolute Gasteiger partial charge is 0.232 e.